The molecule has 0 unspecified atom stereocenters. The van der Waals surface area contributed by atoms with Crippen molar-refractivity contribution in [1.82, 2.24) is 15.1 Å². The van der Waals surface area contributed by atoms with Crippen molar-refractivity contribution in [2.24, 2.45) is 0 Å². The Morgan fingerprint density at radius 3 is 2.33 bits per heavy atom. The molecule has 0 saturated carbocycles. The Morgan fingerprint density at radius 1 is 0.909 bits per heavy atom. The summed E-state index contributed by atoms with van der Waals surface area (Å²) >= 11 is 0. The van der Waals surface area contributed by atoms with Gasteiger partial charge in [0.05, 0.1) is 19.9 Å². The molecule has 3 amide bonds. The Labute approximate surface area is 194 Å². The molecule has 4 rings (SSSR count). The lowest BCUT2D eigenvalue weighted by Crippen LogP contribution is -2.47. The average molecular weight is 451 g/mol. The van der Waals surface area contributed by atoms with Crippen LogP contribution in [-0.2, 0) is 4.79 Å². The van der Waals surface area contributed by atoms with Crippen LogP contribution < -0.4 is 19.7 Å². The number of ether oxygens (including phenoxy) is 2. The normalized spacial score (nSPS) is 18.1. The smallest absolute Gasteiger partial charge is 0.329 e. The van der Waals surface area contributed by atoms with Gasteiger partial charge in [-0.15, -0.1) is 0 Å². The second-order valence-corrected chi connectivity index (χ2v) is 8.07. The van der Waals surface area contributed by atoms with E-state index in [4.69, 9.17) is 9.47 Å². The van der Waals surface area contributed by atoms with Crippen LogP contribution in [0.4, 0.5) is 10.5 Å². The van der Waals surface area contributed by atoms with Gasteiger partial charge in [0.1, 0.15) is 17.2 Å². The van der Waals surface area contributed by atoms with Gasteiger partial charge in [-0.3, -0.25) is 14.6 Å². The van der Waals surface area contributed by atoms with Crippen LogP contribution in [-0.4, -0.2) is 75.2 Å². The first-order valence-electron chi connectivity index (χ1n) is 11.2. The second kappa shape index (κ2) is 10.4. The summed E-state index contributed by atoms with van der Waals surface area (Å²) in [5.41, 5.74) is 2.25. The number of methoxy groups -OCH3 is 2. The Bertz CT molecular complexity index is 1010. The van der Waals surface area contributed by atoms with E-state index in [-0.39, 0.29) is 11.9 Å². The van der Waals surface area contributed by atoms with Crippen molar-refractivity contribution < 1.29 is 19.1 Å². The minimum atomic E-state index is -0.360. The number of para-hydroxylation sites is 2. The minimum Gasteiger partial charge on any atom is -0.497 e. The predicted octanol–water partition coefficient (Wildman–Crippen LogP) is 2.81. The maximum atomic E-state index is 12.7. The topological polar surface area (TPSA) is 74.3 Å². The summed E-state index contributed by atoms with van der Waals surface area (Å²) in [5, 5.41) is 2.69. The Kier molecular flexibility index (Phi) is 7.14. The molecule has 0 atom stereocenters. The van der Waals surface area contributed by atoms with Gasteiger partial charge in [0.15, 0.2) is 0 Å². The number of rotatable bonds is 8. The number of carbonyl (C=O) groups is 2. The molecule has 2 saturated heterocycles. The van der Waals surface area contributed by atoms with Crippen LogP contribution in [0.1, 0.15) is 12.0 Å². The fourth-order valence-corrected chi connectivity index (χ4v) is 4.20. The molecule has 0 radical (unpaired) electrons. The molecular weight excluding hydrogens is 420 g/mol. The number of nitrogens with zero attached hydrogens (tertiary/aromatic N) is 3. The summed E-state index contributed by atoms with van der Waals surface area (Å²) in [6.07, 6.45) is 2.43. The van der Waals surface area contributed by atoms with Gasteiger partial charge < -0.3 is 19.7 Å². The number of hydrogen-bond acceptors (Lipinski definition) is 6. The van der Waals surface area contributed by atoms with Crippen molar-refractivity contribution in [2.45, 2.75) is 6.42 Å². The monoisotopic (exact) mass is 450 g/mol. The van der Waals surface area contributed by atoms with Gasteiger partial charge in [0.25, 0.3) is 5.91 Å². The van der Waals surface area contributed by atoms with E-state index in [0.29, 0.717) is 12.2 Å². The molecule has 33 heavy (non-hydrogen) atoms. The van der Waals surface area contributed by atoms with Crippen LogP contribution in [0.15, 0.2) is 54.2 Å². The fraction of sp³-hybridized carbons (Fsp3) is 0.360. The van der Waals surface area contributed by atoms with E-state index in [2.05, 4.69) is 21.2 Å². The van der Waals surface area contributed by atoms with E-state index in [0.717, 1.165) is 61.9 Å². The fourth-order valence-electron chi connectivity index (χ4n) is 4.20. The highest BCUT2D eigenvalue weighted by atomic mass is 16.5. The van der Waals surface area contributed by atoms with E-state index in [1.807, 2.05) is 42.5 Å². The number of urea groups is 1. The molecule has 0 aliphatic carbocycles. The number of piperazine rings is 1. The zero-order chi connectivity index (χ0) is 23.2. The molecule has 2 heterocycles. The van der Waals surface area contributed by atoms with Crippen molar-refractivity contribution >= 4 is 23.7 Å². The number of anilines is 1. The molecule has 0 bridgehead atoms. The van der Waals surface area contributed by atoms with Crippen LogP contribution in [0.5, 0.6) is 11.5 Å². The van der Waals surface area contributed by atoms with Crippen LogP contribution in [0.3, 0.4) is 0 Å². The molecule has 2 fully saturated rings. The molecule has 8 heteroatoms. The predicted molar refractivity (Wildman–Crippen MR) is 127 cm³/mol. The summed E-state index contributed by atoms with van der Waals surface area (Å²) in [5.74, 6) is 1.35. The molecule has 2 aromatic rings. The van der Waals surface area contributed by atoms with E-state index in [1.54, 1.807) is 20.3 Å². The van der Waals surface area contributed by atoms with E-state index >= 15 is 0 Å². The summed E-state index contributed by atoms with van der Waals surface area (Å²) in [6.45, 7) is 4.93. The molecule has 2 aliphatic heterocycles. The highest BCUT2D eigenvalue weighted by Gasteiger charge is 2.33. The van der Waals surface area contributed by atoms with E-state index in [1.165, 1.54) is 4.90 Å². The maximum absolute atomic E-state index is 12.7. The standard InChI is InChI=1S/C25H30N4O4/c1-32-20-10-8-19(9-11-20)18-21-24(30)29(25(31)26-21)13-5-12-27-14-16-28(17-15-27)22-6-3-4-7-23(22)33-2/h3-4,6-11,18H,5,12-17H2,1-2H3,(H,26,31)/b21-18+. The lowest BCUT2D eigenvalue weighted by molar-refractivity contribution is -0.122. The third-order valence-corrected chi connectivity index (χ3v) is 6.04. The summed E-state index contributed by atoms with van der Waals surface area (Å²) in [7, 11) is 3.30. The van der Waals surface area contributed by atoms with E-state index < -0.39 is 0 Å². The number of imide groups is 1. The van der Waals surface area contributed by atoms with Gasteiger partial charge in [-0.05, 0) is 48.9 Å². The van der Waals surface area contributed by atoms with Gasteiger partial charge in [0.2, 0.25) is 0 Å². The molecule has 0 aromatic heterocycles. The third-order valence-electron chi connectivity index (χ3n) is 6.04. The van der Waals surface area contributed by atoms with Crippen LogP contribution in [0.2, 0.25) is 0 Å². The van der Waals surface area contributed by atoms with Crippen molar-refractivity contribution in [3.05, 3.63) is 59.8 Å². The first-order valence-corrected chi connectivity index (χ1v) is 11.2. The molecule has 2 aromatic carbocycles. The molecule has 2 aliphatic rings. The number of carbonyl (C=O) groups excluding carboxylic acids is 2. The number of nitrogens with one attached hydrogen (secondary N) is 1. The maximum Gasteiger partial charge on any atom is 0.329 e. The first-order chi connectivity index (χ1) is 16.1. The minimum absolute atomic E-state index is 0.281. The quantitative estimate of drug-likeness (QED) is 0.493. The van der Waals surface area contributed by atoms with Crippen molar-refractivity contribution in [2.75, 3.05) is 58.4 Å². The lowest BCUT2D eigenvalue weighted by Gasteiger charge is -2.36. The Morgan fingerprint density at radius 2 is 1.64 bits per heavy atom. The van der Waals surface area contributed by atoms with Gasteiger partial charge in [-0.2, -0.15) is 0 Å². The highest BCUT2D eigenvalue weighted by Crippen LogP contribution is 2.28. The molecule has 0 spiro atoms. The van der Waals surface area contributed by atoms with Crippen LogP contribution in [0, 0.1) is 0 Å². The van der Waals surface area contributed by atoms with Crippen molar-refractivity contribution in [1.29, 1.82) is 0 Å². The van der Waals surface area contributed by atoms with Gasteiger partial charge in [0, 0.05) is 32.7 Å². The highest BCUT2D eigenvalue weighted by molar-refractivity contribution is 6.13. The summed E-state index contributed by atoms with van der Waals surface area (Å²) < 4.78 is 10.6. The van der Waals surface area contributed by atoms with Gasteiger partial charge >= 0.3 is 6.03 Å². The zero-order valence-electron chi connectivity index (χ0n) is 19.1. The first kappa shape index (κ1) is 22.7. The largest absolute Gasteiger partial charge is 0.497 e. The van der Waals surface area contributed by atoms with Crippen molar-refractivity contribution in [3.63, 3.8) is 0 Å². The zero-order valence-corrected chi connectivity index (χ0v) is 19.1. The lowest BCUT2D eigenvalue weighted by atomic mass is 10.2. The van der Waals surface area contributed by atoms with E-state index in [9.17, 15) is 9.59 Å². The van der Waals surface area contributed by atoms with Crippen LogP contribution in [0.25, 0.3) is 6.08 Å². The van der Waals surface area contributed by atoms with Gasteiger partial charge in [-0.25, -0.2) is 4.79 Å². The van der Waals surface area contributed by atoms with Crippen molar-refractivity contribution in [3.8, 4) is 11.5 Å². The molecule has 1 N–H and O–H groups in total. The SMILES string of the molecule is COc1ccc(/C=C2/NC(=O)N(CCCN3CCN(c4ccccc4OC)CC3)C2=O)cc1. The molecule has 8 nitrogen and oxygen atoms in total. The average Bonchev–Trinajstić information content (AvgIpc) is 3.12. The number of hydrogen-bond donors (Lipinski definition) is 1. The summed E-state index contributed by atoms with van der Waals surface area (Å²) in [6, 6.07) is 15.0. The number of amides is 3. The number of benzene rings is 2. The van der Waals surface area contributed by atoms with Gasteiger partial charge in [-0.1, -0.05) is 24.3 Å². The molecular formula is C25H30N4O4. The Balaban J connectivity index is 1.25. The Hall–Kier alpha value is -3.52. The third kappa shape index (κ3) is 5.28. The summed E-state index contributed by atoms with van der Waals surface area (Å²) in [4.78, 5) is 31.0. The second-order valence-electron chi connectivity index (χ2n) is 8.07. The molecule has 174 valence electrons. The van der Waals surface area contributed by atoms with Crippen LogP contribution >= 0.6 is 0 Å².